The van der Waals surface area contributed by atoms with E-state index in [0.29, 0.717) is 6.54 Å². The van der Waals surface area contributed by atoms with E-state index >= 15 is 0 Å². The van der Waals surface area contributed by atoms with E-state index in [4.69, 9.17) is 4.42 Å². The van der Waals surface area contributed by atoms with E-state index < -0.39 is 0 Å². The lowest BCUT2D eigenvalue weighted by atomic mass is 10.3. The fourth-order valence-electron chi connectivity index (χ4n) is 2.78. The summed E-state index contributed by atoms with van der Waals surface area (Å²) in [4.78, 5) is 20.7. The standard InChI is InChI=1S/C16H23N5O2/c1-13-3-4-16(22)21(18-13)10-9-19-5-7-20(8-6-19)12-15-17-11-14(2)23-15/h3-4,11H,5-10,12H2,1-2H3. The first-order valence-electron chi connectivity index (χ1n) is 8.01. The van der Waals surface area contributed by atoms with Gasteiger partial charge in [0.2, 0.25) is 5.89 Å². The molecule has 3 rings (SSSR count). The summed E-state index contributed by atoms with van der Waals surface area (Å²) in [7, 11) is 0. The van der Waals surface area contributed by atoms with Gasteiger partial charge in [-0.3, -0.25) is 14.6 Å². The molecule has 0 radical (unpaired) electrons. The van der Waals surface area contributed by atoms with Crippen molar-refractivity contribution in [3.63, 3.8) is 0 Å². The van der Waals surface area contributed by atoms with Crippen molar-refractivity contribution in [1.82, 2.24) is 24.6 Å². The Bertz CT molecular complexity index is 700. The molecule has 7 heteroatoms. The smallest absolute Gasteiger partial charge is 0.266 e. The molecule has 0 amide bonds. The van der Waals surface area contributed by atoms with Crippen molar-refractivity contribution in [2.45, 2.75) is 26.9 Å². The van der Waals surface area contributed by atoms with Crippen LogP contribution in [0.15, 0.2) is 27.5 Å². The molecular formula is C16H23N5O2. The minimum Gasteiger partial charge on any atom is -0.445 e. The van der Waals surface area contributed by atoms with Gasteiger partial charge in [-0.05, 0) is 19.9 Å². The molecule has 0 N–H and O–H groups in total. The van der Waals surface area contributed by atoms with E-state index in [1.54, 1.807) is 23.0 Å². The molecular weight excluding hydrogens is 294 g/mol. The summed E-state index contributed by atoms with van der Waals surface area (Å²) >= 11 is 0. The highest BCUT2D eigenvalue weighted by atomic mass is 16.4. The number of piperazine rings is 1. The van der Waals surface area contributed by atoms with Gasteiger partial charge in [0.25, 0.3) is 5.56 Å². The third-order valence-corrected chi connectivity index (χ3v) is 4.12. The molecule has 7 nitrogen and oxygen atoms in total. The molecule has 1 aliphatic heterocycles. The van der Waals surface area contributed by atoms with Gasteiger partial charge in [-0.25, -0.2) is 9.67 Å². The molecule has 0 saturated carbocycles. The molecule has 0 unspecified atom stereocenters. The predicted octanol–water partition coefficient (Wildman–Crippen LogP) is 0.666. The second-order valence-electron chi connectivity index (χ2n) is 6.02. The van der Waals surface area contributed by atoms with Gasteiger partial charge < -0.3 is 4.42 Å². The third kappa shape index (κ3) is 4.27. The van der Waals surface area contributed by atoms with Gasteiger partial charge >= 0.3 is 0 Å². The van der Waals surface area contributed by atoms with E-state index in [9.17, 15) is 4.79 Å². The first-order chi connectivity index (χ1) is 11.1. The molecule has 2 aromatic rings. The molecule has 0 aromatic carbocycles. The van der Waals surface area contributed by atoms with Crippen molar-refractivity contribution < 1.29 is 4.42 Å². The number of nitrogens with zero attached hydrogens (tertiary/aromatic N) is 5. The summed E-state index contributed by atoms with van der Waals surface area (Å²) in [5, 5.41) is 4.28. The van der Waals surface area contributed by atoms with Crippen LogP contribution in [0.3, 0.4) is 0 Å². The lowest BCUT2D eigenvalue weighted by Crippen LogP contribution is -2.47. The van der Waals surface area contributed by atoms with Crippen LogP contribution in [0, 0.1) is 13.8 Å². The molecule has 0 spiro atoms. The molecule has 0 aliphatic carbocycles. The quantitative estimate of drug-likeness (QED) is 0.807. The van der Waals surface area contributed by atoms with Crippen molar-refractivity contribution in [3.05, 3.63) is 46.0 Å². The zero-order valence-electron chi connectivity index (χ0n) is 13.7. The first kappa shape index (κ1) is 15.9. The Morgan fingerprint density at radius 3 is 2.52 bits per heavy atom. The van der Waals surface area contributed by atoms with Crippen LogP contribution in [0.5, 0.6) is 0 Å². The van der Waals surface area contributed by atoms with Crippen LogP contribution in [-0.4, -0.2) is 57.3 Å². The maximum atomic E-state index is 11.8. The number of aromatic nitrogens is 3. The fourth-order valence-corrected chi connectivity index (χ4v) is 2.78. The van der Waals surface area contributed by atoms with Crippen molar-refractivity contribution >= 4 is 0 Å². The summed E-state index contributed by atoms with van der Waals surface area (Å²) in [6, 6.07) is 3.33. The number of hydrogen-bond acceptors (Lipinski definition) is 6. The highest BCUT2D eigenvalue weighted by Crippen LogP contribution is 2.09. The molecule has 0 bridgehead atoms. The Labute approximate surface area is 135 Å². The van der Waals surface area contributed by atoms with Crippen molar-refractivity contribution in [3.8, 4) is 0 Å². The monoisotopic (exact) mass is 317 g/mol. The second-order valence-corrected chi connectivity index (χ2v) is 6.02. The molecule has 1 aliphatic rings. The van der Waals surface area contributed by atoms with Crippen LogP contribution in [0.4, 0.5) is 0 Å². The van der Waals surface area contributed by atoms with E-state index in [-0.39, 0.29) is 5.56 Å². The van der Waals surface area contributed by atoms with Gasteiger partial charge in [0.1, 0.15) is 5.76 Å². The summed E-state index contributed by atoms with van der Waals surface area (Å²) in [5.74, 6) is 1.64. The Balaban J connectivity index is 1.46. The maximum absolute atomic E-state index is 11.8. The van der Waals surface area contributed by atoms with Crippen molar-refractivity contribution in [2.24, 2.45) is 0 Å². The number of oxazole rings is 1. The highest BCUT2D eigenvalue weighted by Gasteiger charge is 2.18. The van der Waals surface area contributed by atoms with Gasteiger partial charge in [0.15, 0.2) is 0 Å². The van der Waals surface area contributed by atoms with E-state index in [2.05, 4.69) is 19.9 Å². The number of aryl methyl sites for hydroxylation is 2. The fraction of sp³-hybridized carbons (Fsp3) is 0.562. The van der Waals surface area contributed by atoms with Gasteiger partial charge in [-0.2, -0.15) is 5.10 Å². The van der Waals surface area contributed by atoms with Crippen LogP contribution in [0.1, 0.15) is 17.3 Å². The third-order valence-electron chi connectivity index (χ3n) is 4.12. The average molecular weight is 317 g/mol. The SMILES string of the molecule is Cc1ccc(=O)n(CCN2CCN(Cc3ncc(C)o3)CC2)n1. The van der Waals surface area contributed by atoms with Crippen LogP contribution >= 0.6 is 0 Å². The molecule has 2 aromatic heterocycles. The van der Waals surface area contributed by atoms with Gasteiger partial charge in [0.05, 0.1) is 25.0 Å². The average Bonchev–Trinajstić information content (AvgIpc) is 2.95. The van der Waals surface area contributed by atoms with Crippen molar-refractivity contribution in [2.75, 3.05) is 32.7 Å². The minimum absolute atomic E-state index is 0.0338. The summed E-state index contributed by atoms with van der Waals surface area (Å²) < 4.78 is 7.08. The van der Waals surface area contributed by atoms with Gasteiger partial charge in [0, 0.05) is 38.8 Å². The van der Waals surface area contributed by atoms with E-state index in [1.807, 2.05) is 13.8 Å². The molecule has 124 valence electrons. The Morgan fingerprint density at radius 1 is 1.09 bits per heavy atom. The second kappa shape index (κ2) is 7.06. The van der Waals surface area contributed by atoms with E-state index in [1.165, 1.54) is 0 Å². The van der Waals surface area contributed by atoms with Crippen LogP contribution in [-0.2, 0) is 13.1 Å². The van der Waals surface area contributed by atoms with Gasteiger partial charge in [-0.1, -0.05) is 0 Å². The Kier molecular flexibility index (Phi) is 4.88. The molecule has 1 saturated heterocycles. The highest BCUT2D eigenvalue weighted by molar-refractivity contribution is 4.97. The van der Waals surface area contributed by atoms with Crippen molar-refractivity contribution in [1.29, 1.82) is 0 Å². The Hall–Kier alpha value is -1.99. The van der Waals surface area contributed by atoms with Crippen LogP contribution in [0.2, 0.25) is 0 Å². The van der Waals surface area contributed by atoms with Crippen LogP contribution in [0.25, 0.3) is 0 Å². The zero-order valence-corrected chi connectivity index (χ0v) is 13.7. The maximum Gasteiger partial charge on any atom is 0.266 e. The normalized spacial score (nSPS) is 16.8. The molecule has 0 atom stereocenters. The molecule has 23 heavy (non-hydrogen) atoms. The lowest BCUT2D eigenvalue weighted by Gasteiger charge is -2.33. The molecule has 1 fully saturated rings. The largest absolute Gasteiger partial charge is 0.445 e. The predicted molar refractivity (Wildman–Crippen MR) is 86.2 cm³/mol. The Morgan fingerprint density at radius 2 is 1.83 bits per heavy atom. The zero-order chi connectivity index (χ0) is 16.2. The van der Waals surface area contributed by atoms with Gasteiger partial charge in [-0.15, -0.1) is 0 Å². The molecule has 3 heterocycles. The number of rotatable bonds is 5. The van der Waals surface area contributed by atoms with Crippen LogP contribution < -0.4 is 5.56 Å². The minimum atomic E-state index is -0.0338. The van der Waals surface area contributed by atoms with E-state index in [0.717, 1.165) is 56.6 Å². The lowest BCUT2D eigenvalue weighted by molar-refractivity contribution is 0.115. The summed E-state index contributed by atoms with van der Waals surface area (Å²) in [6.07, 6.45) is 1.76. The summed E-state index contributed by atoms with van der Waals surface area (Å²) in [5.41, 5.74) is 0.837. The number of hydrogen-bond donors (Lipinski definition) is 0. The topological polar surface area (TPSA) is 67.4 Å². The summed E-state index contributed by atoms with van der Waals surface area (Å²) in [6.45, 7) is 10.0. The first-order valence-corrected chi connectivity index (χ1v) is 8.01.